The number of nitrogens with zero attached hydrogens (tertiary/aromatic N) is 3. The lowest BCUT2D eigenvalue weighted by Crippen LogP contribution is -2.32. The van der Waals surface area contributed by atoms with Crippen LogP contribution in [0.1, 0.15) is 63.2 Å². The predicted molar refractivity (Wildman–Crippen MR) is 258 cm³/mol. The first-order chi connectivity index (χ1) is 31.2. The van der Waals surface area contributed by atoms with Crippen molar-refractivity contribution < 1.29 is 0 Å². The zero-order chi connectivity index (χ0) is 42.5. The molecule has 63 heavy (non-hydrogen) atoms. The molecular weight excluding hydrogens is 763 g/mol. The minimum atomic E-state index is -0.617. The van der Waals surface area contributed by atoms with Crippen molar-refractivity contribution >= 4 is 5.57 Å². The molecule has 0 atom stereocenters. The highest BCUT2D eigenvalue weighted by molar-refractivity contribution is 5.77. The summed E-state index contributed by atoms with van der Waals surface area (Å²) in [5, 5.41) is 0. The molecule has 0 saturated heterocycles. The second-order valence-corrected chi connectivity index (χ2v) is 16.3. The van der Waals surface area contributed by atoms with Gasteiger partial charge in [0.05, 0.1) is 10.8 Å². The van der Waals surface area contributed by atoms with Gasteiger partial charge in [0.15, 0.2) is 17.5 Å². The van der Waals surface area contributed by atoms with E-state index in [1.165, 1.54) is 39.0 Å². The van der Waals surface area contributed by atoms with Crippen molar-refractivity contribution in [1.29, 1.82) is 0 Å². The van der Waals surface area contributed by atoms with Gasteiger partial charge in [0.25, 0.3) is 0 Å². The van der Waals surface area contributed by atoms with Gasteiger partial charge < -0.3 is 0 Å². The van der Waals surface area contributed by atoms with Gasteiger partial charge in [-0.25, -0.2) is 15.0 Å². The molecule has 0 spiro atoms. The summed E-state index contributed by atoms with van der Waals surface area (Å²) in [4.78, 5) is 16.1. The number of rotatable bonds is 11. The molecule has 10 rings (SSSR count). The number of hydrogen-bond donors (Lipinski definition) is 0. The Morgan fingerprint density at radius 3 is 1.24 bits per heavy atom. The zero-order valence-electron chi connectivity index (χ0n) is 35.3. The monoisotopic (exact) mass is 809 g/mol. The third kappa shape index (κ3) is 7.22. The fourth-order valence-corrected chi connectivity index (χ4v) is 9.81. The van der Waals surface area contributed by atoms with Gasteiger partial charge >= 0.3 is 0 Å². The second kappa shape index (κ2) is 17.3. The van der Waals surface area contributed by atoms with Crippen molar-refractivity contribution in [3.8, 4) is 22.8 Å². The third-order valence-corrected chi connectivity index (χ3v) is 12.7. The molecule has 1 aromatic heterocycles. The van der Waals surface area contributed by atoms with Crippen LogP contribution in [-0.2, 0) is 10.8 Å². The maximum atomic E-state index is 5.42. The van der Waals surface area contributed by atoms with Gasteiger partial charge in [-0.1, -0.05) is 237 Å². The lowest BCUT2D eigenvalue weighted by Gasteiger charge is -2.39. The first-order valence-corrected chi connectivity index (χ1v) is 21.8. The lowest BCUT2D eigenvalue weighted by atomic mass is 9.62. The first kappa shape index (κ1) is 39.4. The standard InChI is InChI=1S/C60H47N3/c1-44-24-20-21-41-55(44)58-62-56(45-25-22-39-53(42-45)59(47-27-8-2-9-28-47,48-29-10-3-11-30-48)49-31-12-4-13-32-49)61-57(63-58)46-26-23-40-54(43-46)60(50-33-14-5-15-34-50,51-35-16-6-17-36-51)52-37-18-7-19-38-52/h2-22,24-39,41-43H,23,40H2,1H3. The molecule has 0 fully saturated rings. The third-order valence-electron chi connectivity index (χ3n) is 12.7. The summed E-state index contributed by atoms with van der Waals surface area (Å²) in [6.07, 6.45) is 6.39. The van der Waals surface area contributed by atoms with Gasteiger partial charge in [0, 0.05) is 16.7 Å². The van der Waals surface area contributed by atoms with Crippen LogP contribution in [0, 0.1) is 6.92 Å². The van der Waals surface area contributed by atoms with Crippen LogP contribution in [0.15, 0.2) is 248 Å². The molecule has 0 unspecified atom stereocenters. The second-order valence-electron chi connectivity index (χ2n) is 16.3. The van der Waals surface area contributed by atoms with Gasteiger partial charge in [-0.15, -0.1) is 0 Å². The molecule has 0 saturated carbocycles. The largest absolute Gasteiger partial charge is 0.208 e. The van der Waals surface area contributed by atoms with E-state index >= 15 is 0 Å². The number of aryl methyl sites for hydroxylation is 1. The summed E-state index contributed by atoms with van der Waals surface area (Å²) in [6.45, 7) is 2.12. The molecule has 0 amide bonds. The topological polar surface area (TPSA) is 38.7 Å². The van der Waals surface area contributed by atoms with Gasteiger partial charge in [-0.2, -0.15) is 0 Å². The van der Waals surface area contributed by atoms with E-state index in [0.29, 0.717) is 17.5 Å². The molecule has 0 N–H and O–H groups in total. The molecule has 3 heteroatoms. The molecule has 1 heterocycles. The summed E-state index contributed by atoms with van der Waals surface area (Å²) in [7, 11) is 0. The first-order valence-electron chi connectivity index (χ1n) is 21.8. The molecule has 3 nitrogen and oxygen atoms in total. The summed E-state index contributed by atoms with van der Waals surface area (Å²) in [6, 6.07) is 82.5. The van der Waals surface area contributed by atoms with Crippen LogP contribution in [0.25, 0.3) is 28.3 Å². The molecule has 8 aromatic carbocycles. The Morgan fingerprint density at radius 2 is 0.762 bits per heavy atom. The summed E-state index contributed by atoms with van der Waals surface area (Å²) in [5.41, 5.74) is 12.5. The van der Waals surface area contributed by atoms with Crippen molar-refractivity contribution in [2.75, 3.05) is 0 Å². The van der Waals surface area contributed by atoms with E-state index in [-0.39, 0.29) is 0 Å². The normalized spacial score (nSPS) is 12.9. The quantitative estimate of drug-likeness (QED) is 0.122. The van der Waals surface area contributed by atoms with E-state index in [0.717, 1.165) is 40.7 Å². The van der Waals surface area contributed by atoms with Crippen LogP contribution < -0.4 is 0 Å². The van der Waals surface area contributed by atoms with Crippen LogP contribution in [0.4, 0.5) is 0 Å². The molecule has 0 aliphatic heterocycles. The average Bonchev–Trinajstić information content (AvgIpc) is 3.37. The lowest BCUT2D eigenvalue weighted by molar-refractivity contribution is 0.677. The Kier molecular flexibility index (Phi) is 10.8. The van der Waals surface area contributed by atoms with E-state index < -0.39 is 10.8 Å². The molecule has 1 aliphatic carbocycles. The van der Waals surface area contributed by atoms with Gasteiger partial charge in [0.1, 0.15) is 0 Å². The van der Waals surface area contributed by atoms with Crippen LogP contribution in [0.2, 0.25) is 0 Å². The average molecular weight is 810 g/mol. The molecule has 302 valence electrons. The fraction of sp³-hybridized carbons (Fsp3) is 0.0833. The van der Waals surface area contributed by atoms with Crippen molar-refractivity contribution in [3.05, 3.63) is 299 Å². The van der Waals surface area contributed by atoms with Crippen molar-refractivity contribution in [3.63, 3.8) is 0 Å². The predicted octanol–water partition coefficient (Wildman–Crippen LogP) is 14.0. The van der Waals surface area contributed by atoms with Gasteiger partial charge in [-0.05, 0) is 75.9 Å². The molecule has 0 bridgehead atoms. The minimum Gasteiger partial charge on any atom is -0.208 e. The fourth-order valence-electron chi connectivity index (χ4n) is 9.81. The molecule has 0 radical (unpaired) electrons. The van der Waals surface area contributed by atoms with Crippen molar-refractivity contribution in [2.45, 2.75) is 30.6 Å². The number of hydrogen-bond acceptors (Lipinski definition) is 3. The minimum absolute atomic E-state index is 0.540. The van der Waals surface area contributed by atoms with E-state index in [1.54, 1.807) is 0 Å². The Labute approximate surface area is 370 Å². The van der Waals surface area contributed by atoms with E-state index in [1.807, 2.05) is 0 Å². The summed E-state index contributed by atoms with van der Waals surface area (Å²) < 4.78 is 0. The van der Waals surface area contributed by atoms with E-state index in [4.69, 9.17) is 15.0 Å². The van der Waals surface area contributed by atoms with Crippen molar-refractivity contribution in [1.82, 2.24) is 15.0 Å². The highest BCUT2D eigenvalue weighted by atomic mass is 15.0. The number of benzene rings is 8. The molecule has 9 aromatic rings. The van der Waals surface area contributed by atoms with Crippen molar-refractivity contribution in [2.24, 2.45) is 0 Å². The van der Waals surface area contributed by atoms with Crippen LogP contribution in [-0.4, -0.2) is 15.0 Å². The highest BCUT2D eigenvalue weighted by Crippen LogP contribution is 2.49. The smallest absolute Gasteiger partial charge is 0.164 e. The summed E-state index contributed by atoms with van der Waals surface area (Å²) in [5.74, 6) is 1.94. The summed E-state index contributed by atoms with van der Waals surface area (Å²) >= 11 is 0. The zero-order valence-corrected chi connectivity index (χ0v) is 35.3. The number of allylic oxidation sites excluding steroid dienone is 4. The van der Waals surface area contributed by atoms with Crippen LogP contribution in [0.5, 0.6) is 0 Å². The molecule has 1 aliphatic rings. The maximum Gasteiger partial charge on any atom is 0.164 e. The molecular formula is C60H47N3. The SMILES string of the molecule is Cc1ccccc1-c1nc(C2=CCCC(C(c3ccccc3)(c3ccccc3)c3ccccc3)=C2)nc(-c2cccc(C(c3ccccc3)(c3ccccc3)c3ccccc3)c2)n1. The van der Waals surface area contributed by atoms with Gasteiger partial charge in [-0.3, -0.25) is 0 Å². The van der Waals surface area contributed by atoms with E-state index in [2.05, 4.69) is 250 Å². The van der Waals surface area contributed by atoms with E-state index in [9.17, 15) is 0 Å². The maximum absolute atomic E-state index is 5.42. The van der Waals surface area contributed by atoms with Crippen LogP contribution in [0.3, 0.4) is 0 Å². The Hall–Kier alpha value is -7.75. The van der Waals surface area contributed by atoms with Crippen LogP contribution >= 0.6 is 0 Å². The Balaban J connectivity index is 1.19. The Bertz CT molecular complexity index is 2840. The highest BCUT2D eigenvalue weighted by Gasteiger charge is 2.41. The van der Waals surface area contributed by atoms with Gasteiger partial charge in [0.2, 0.25) is 0 Å². The Morgan fingerprint density at radius 1 is 0.365 bits per heavy atom. The number of aromatic nitrogens is 3.